The summed E-state index contributed by atoms with van der Waals surface area (Å²) >= 11 is 2.13. The maximum atomic E-state index is 14.0. The van der Waals surface area contributed by atoms with E-state index >= 15 is 0 Å². The van der Waals surface area contributed by atoms with Crippen LogP contribution >= 0.6 is 22.7 Å². The number of carbonyl (C=O) groups is 2. The van der Waals surface area contributed by atoms with Crippen molar-refractivity contribution in [2.24, 2.45) is 0 Å². The van der Waals surface area contributed by atoms with Crippen molar-refractivity contribution in [3.63, 3.8) is 0 Å². The molecular weight excluding hydrogens is 509 g/mol. The summed E-state index contributed by atoms with van der Waals surface area (Å²) in [5.41, 5.74) is 1.72. The van der Waals surface area contributed by atoms with Gasteiger partial charge in [0.1, 0.15) is 9.71 Å². The molecule has 1 amide bonds. The number of esters is 1. The van der Waals surface area contributed by atoms with Crippen LogP contribution in [0.5, 0.6) is 0 Å². The molecule has 3 aromatic heterocycles. The summed E-state index contributed by atoms with van der Waals surface area (Å²) < 4.78 is 47.4. The Balaban J connectivity index is 1.41. The number of hydrogen-bond acceptors (Lipinski definition) is 6. The molecule has 1 aromatic carbocycles. The van der Waals surface area contributed by atoms with Crippen LogP contribution in [0.1, 0.15) is 38.8 Å². The zero-order valence-corrected chi connectivity index (χ0v) is 21.0. The molecule has 0 unspecified atom stereocenters. The number of ether oxygens (including phenoxy) is 1. The number of fused-ring (bicyclic) bond motifs is 2. The van der Waals surface area contributed by atoms with E-state index in [1.54, 1.807) is 22.4 Å². The maximum absolute atomic E-state index is 14.0. The van der Waals surface area contributed by atoms with Gasteiger partial charge in [0, 0.05) is 18.5 Å². The Morgan fingerprint density at radius 1 is 1.14 bits per heavy atom. The van der Waals surface area contributed by atoms with Gasteiger partial charge in [0.25, 0.3) is 5.91 Å². The van der Waals surface area contributed by atoms with E-state index in [1.807, 2.05) is 24.3 Å². The number of halogens is 3. The van der Waals surface area contributed by atoms with E-state index in [4.69, 9.17) is 4.74 Å². The molecule has 1 aliphatic heterocycles. The highest BCUT2D eigenvalue weighted by molar-refractivity contribution is 7.20. The van der Waals surface area contributed by atoms with Gasteiger partial charge in [-0.15, -0.1) is 22.7 Å². The summed E-state index contributed by atoms with van der Waals surface area (Å²) in [7, 11) is 0. The number of alkyl halides is 3. The number of thiophene rings is 2. The molecule has 5 nitrogen and oxygen atoms in total. The number of nitrogens with zero attached hydrogens (tertiary/aromatic N) is 2. The first-order valence-corrected chi connectivity index (χ1v) is 12.9. The molecule has 1 atom stereocenters. The molecule has 10 heteroatoms. The number of rotatable bonds is 4. The van der Waals surface area contributed by atoms with E-state index in [9.17, 15) is 22.8 Å². The van der Waals surface area contributed by atoms with Crippen LogP contribution in [0.4, 0.5) is 13.2 Å². The van der Waals surface area contributed by atoms with Crippen molar-refractivity contribution in [2.45, 2.75) is 39.1 Å². The Labute approximate surface area is 213 Å². The lowest BCUT2D eigenvalue weighted by Gasteiger charge is -2.30. The van der Waals surface area contributed by atoms with Gasteiger partial charge in [-0.25, -0.2) is 9.78 Å². The molecule has 0 radical (unpaired) electrons. The smallest absolute Gasteiger partial charge is 0.417 e. The van der Waals surface area contributed by atoms with Crippen LogP contribution in [-0.4, -0.2) is 34.4 Å². The van der Waals surface area contributed by atoms with Crippen molar-refractivity contribution in [1.29, 1.82) is 0 Å². The van der Waals surface area contributed by atoms with Crippen LogP contribution in [0.3, 0.4) is 0 Å². The van der Waals surface area contributed by atoms with Crippen LogP contribution in [0.15, 0.2) is 47.8 Å². The highest BCUT2D eigenvalue weighted by Gasteiger charge is 2.37. The molecule has 0 spiro atoms. The second kappa shape index (κ2) is 9.33. The summed E-state index contributed by atoms with van der Waals surface area (Å²) in [6.07, 6.45) is -5.01. The first kappa shape index (κ1) is 24.5. The largest absolute Gasteiger partial charge is 0.448 e. The predicted octanol–water partition coefficient (Wildman–Crippen LogP) is 6.48. The standard InChI is InChI=1S/C26H21F3N2O3S2/c1-14-21-18(26(27,28)29)12-19(20-8-5-11-35-20)30-23(21)36-22(14)25(33)34-15(2)24(32)31-10-9-16-6-3-4-7-17(16)13-31/h3-8,11-12,15H,9-10,13H2,1-2H3/t15-/m1/s1. The minimum atomic E-state index is -4.63. The van der Waals surface area contributed by atoms with E-state index < -0.39 is 23.8 Å². The first-order chi connectivity index (χ1) is 17.1. The molecule has 5 rings (SSSR count). The Hall–Kier alpha value is -3.24. The Bertz CT molecular complexity index is 1460. The van der Waals surface area contributed by atoms with Crippen LogP contribution in [-0.2, 0) is 28.7 Å². The average Bonchev–Trinajstić information content (AvgIpc) is 3.50. The van der Waals surface area contributed by atoms with Crippen molar-refractivity contribution in [3.05, 3.63) is 75.0 Å². The monoisotopic (exact) mass is 530 g/mol. The number of carbonyl (C=O) groups excluding carboxylic acids is 2. The molecule has 0 saturated heterocycles. The van der Waals surface area contributed by atoms with Crippen LogP contribution in [0.25, 0.3) is 20.8 Å². The molecule has 186 valence electrons. The van der Waals surface area contributed by atoms with Gasteiger partial charge in [0.2, 0.25) is 0 Å². The number of aromatic nitrogens is 1. The van der Waals surface area contributed by atoms with Gasteiger partial charge in [-0.3, -0.25) is 4.79 Å². The number of pyridine rings is 1. The predicted molar refractivity (Wildman–Crippen MR) is 133 cm³/mol. The molecule has 4 heterocycles. The van der Waals surface area contributed by atoms with E-state index in [1.165, 1.54) is 30.7 Å². The summed E-state index contributed by atoms with van der Waals surface area (Å²) in [6, 6.07) is 12.3. The first-order valence-electron chi connectivity index (χ1n) is 11.2. The fourth-order valence-corrected chi connectivity index (χ4v) is 6.19. The van der Waals surface area contributed by atoms with Gasteiger partial charge in [0.05, 0.1) is 16.1 Å². The van der Waals surface area contributed by atoms with Gasteiger partial charge in [-0.1, -0.05) is 30.3 Å². The zero-order chi connectivity index (χ0) is 25.6. The van der Waals surface area contributed by atoms with Crippen molar-refractivity contribution in [1.82, 2.24) is 9.88 Å². The van der Waals surface area contributed by atoms with Crippen molar-refractivity contribution >= 4 is 44.8 Å². The van der Waals surface area contributed by atoms with Gasteiger partial charge < -0.3 is 9.64 Å². The molecule has 0 saturated carbocycles. The van der Waals surface area contributed by atoms with Crippen molar-refractivity contribution in [3.8, 4) is 10.6 Å². The number of benzene rings is 1. The van der Waals surface area contributed by atoms with E-state index in [-0.39, 0.29) is 32.3 Å². The molecule has 36 heavy (non-hydrogen) atoms. The molecule has 0 N–H and O–H groups in total. The fraction of sp³-hybridized carbons (Fsp3) is 0.269. The van der Waals surface area contributed by atoms with E-state index in [2.05, 4.69) is 4.98 Å². The minimum absolute atomic E-state index is 0.00923. The molecule has 0 bridgehead atoms. The number of aryl methyl sites for hydroxylation is 1. The van der Waals surface area contributed by atoms with Crippen molar-refractivity contribution in [2.75, 3.05) is 6.54 Å². The summed E-state index contributed by atoms with van der Waals surface area (Å²) in [4.78, 5) is 32.8. The Kier molecular flexibility index (Phi) is 6.34. The lowest BCUT2D eigenvalue weighted by Crippen LogP contribution is -2.42. The minimum Gasteiger partial charge on any atom is -0.448 e. The summed E-state index contributed by atoms with van der Waals surface area (Å²) in [6.45, 7) is 3.86. The van der Waals surface area contributed by atoms with Gasteiger partial charge in [0.15, 0.2) is 6.10 Å². The second-order valence-electron chi connectivity index (χ2n) is 8.59. The summed E-state index contributed by atoms with van der Waals surface area (Å²) in [5.74, 6) is -1.18. The van der Waals surface area contributed by atoms with Gasteiger partial charge in [-0.2, -0.15) is 13.2 Å². The molecule has 0 aliphatic carbocycles. The average molecular weight is 531 g/mol. The fourth-order valence-electron chi connectivity index (χ4n) is 4.42. The maximum Gasteiger partial charge on any atom is 0.417 e. The number of hydrogen-bond donors (Lipinski definition) is 0. The third-order valence-corrected chi connectivity index (χ3v) is 8.30. The quantitative estimate of drug-likeness (QED) is 0.283. The van der Waals surface area contributed by atoms with E-state index in [0.717, 1.165) is 23.0 Å². The van der Waals surface area contributed by atoms with Crippen LogP contribution in [0.2, 0.25) is 0 Å². The zero-order valence-electron chi connectivity index (χ0n) is 19.4. The third kappa shape index (κ3) is 4.51. The summed E-state index contributed by atoms with van der Waals surface area (Å²) in [5, 5.41) is 1.64. The van der Waals surface area contributed by atoms with Crippen LogP contribution < -0.4 is 0 Å². The third-order valence-electron chi connectivity index (χ3n) is 6.24. The lowest BCUT2D eigenvalue weighted by atomic mass is 9.99. The normalized spacial score (nSPS) is 14.5. The molecule has 0 fully saturated rings. The second-order valence-corrected chi connectivity index (χ2v) is 10.5. The Morgan fingerprint density at radius 3 is 2.58 bits per heavy atom. The Morgan fingerprint density at radius 2 is 1.89 bits per heavy atom. The highest BCUT2D eigenvalue weighted by Crippen LogP contribution is 2.42. The lowest BCUT2D eigenvalue weighted by molar-refractivity contribution is -0.140. The van der Waals surface area contributed by atoms with Crippen molar-refractivity contribution < 1.29 is 27.5 Å². The molecule has 1 aliphatic rings. The number of amides is 1. The molecular formula is C26H21F3N2O3S2. The topological polar surface area (TPSA) is 59.5 Å². The molecule has 4 aromatic rings. The van der Waals surface area contributed by atoms with Gasteiger partial charge >= 0.3 is 12.1 Å². The van der Waals surface area contributed by atoms with Crippen LogP contribution in [0, 0.1) is 6.92 Å². The van der Waals surface area contributed by atoms with Gasteiger partial charge in [-0.05, 0) is 54.5 Å². The highest BCUT2D eigenvalue weighted by atomic mass is 32.1. The van der Waals surface area contributed by atoms with E-state index in [0.29, 0.717) is 24.4 Å². The SMILES string of the molecule is Cc1c(C(=O)O[C@H](C)C(=O)N2CCc3ccccc3C2)sc2nc(-c3cccs3)cc(C(F)(F)F)c12.